The van der Waals surface area contributed by atoms with Crippen LogP contribution >= 0.6 is 0 Å². The molecule has 0 saturated heterocycles. The number of carbonyl (C=O) groups is 1. The van der Waals surface area contributed by atoms with Crippen molar-refractivity contribution in [2.24, 2.45) is 0 Å². The lowest BCUT2D eigenvalue weighted by Gasteiger charge is -2.26. The molecule has 0 amide bonds. The van der Waals surface area contributed by atoms with Gasteiger partial charge in [-0.2, -0.15) is 0 Å². The number of aliphatic hydroxyl groups excluding tert-OH is 1. The average molecular weight is 220 g/mol. The first-order valence-corrected chi connectivity index (χ1v) is 5.67. The smallest absolute Gasteiger partial charge is 0.170 e. The number of aliphatic hydroxyl groups is 1. The van der Waals surface area contributed by atoms with Crippen molar-refractivity contribution < 1.29 is 14.6 Å². The van der Waals surface area contributed by atoms with Crippen LogP contribution in [0, 0.1) is 0 Å². The molecule has 0 fully saturated rings. The van der Waals surface area contributed by atoms with E-state index in [-0.39, 0.29) is 18.0 Å². The fourth-order valence-corrected chi connectivity index (χ4v) is 1.94. The van der Waals surface area contributed by atoms with Gasteiger partial charge in [-0.05, 0) is 18.6 Å². The second kappa shape index (κ2) is 4.66. The fraction of sp³-hybridized carbons (Fsp3) is 0.462. The minimum absolute atomic E-state index is 0.107. The second-order valence-corrected chi connectivity index (χ2v) is 4.16. The Balaban J connectivity index is 2.12. The Bertz CT molecular complexity index is 387. The third kappa shape index (κ3) is 2.25. The summed E-state index contributed by atoms with van der Waals surface area (Å²) in [5.74, 6) is 0.752. The molecule has 1 aliphatic heterocycles. The van der Waals surface area contributed by atoms with E-state index in [1.54, 1.807) is 12.1 Å². The molecule has 16 heavy (non-hydrogen) atoms. The Morgan fingerprint density at radius 3 is 3.00 bits per heavy atom. The van der Waals surface area contributed by atoms with Crippen LogP contribution in [0.1, 0.15) is 36.5 Å². The first-order chi connectivity index (χ1) is 7.70. The Hall–Kier alpha value is -1.35. The van der Waals surface area contributed by atoms with Crippen molar-refractivity contribution >= 4 is 5.78 Å². The van der Waals surface area contributed by atoms with Crippen molar-refractivity contribution in [3.63, 3.8) is 0 Å². The highest BCUT2D eigenvalue weighted by Gasteiger charge is 2.27. The van der Waals surface area contributed by atoms with Gasteiger partial charge in [-0.25, -0.2) is 0 Å². The molecule has 3 heteroatoms. The maximum atomic E-state index is 11.8. The Kier molecular flexibility index (Phi) is 3.25. The molecule has 0 bridgehead atoms. The molecule has 2 unspecified atom stereocenters. The summed E-state index contributed by atoms with van der Waals surface area (Å²) in [7, 11) is 0. The number of benzene rings is 1. The van der Waals surface area contributed by atoms with E-state index >= 15 is 0 Å². The molecule has 1 heterocycles. The van der Waals surface area contributed by atoms with Gasteiger partial charge in [-0.15, -0.1) is 0 Å². The van der Waals surface area contributed by atoms with Crippen LogP contribution in [0.4, 0.5) is 0 Å². The summed E-state index contributed by atoms with van der Waals surface area (Å²) in [6.07, 6.45) is 1.01. The zero-order chi connectivity index (χ0) is 11.5. The van der Waals surface area contributed by atoms with Crippen molar-refractivity contribution in [1.29, 1.82) is 0 Å². The molecule has 0 aromatic heterocycles. The molecule has 0 aliphatic carbocycles. The van der Waals surface area contributed by atoms with Crippen molar-refractivity contribution in [2.45, 2.75) is 38.4 Å². The third-order valence-electron chi connectivity index (χ3n) is 2.90. The van der Waals surface area contributed by atoms with Gasteiger partial charge in [-0.3, -0.25) is 4.79 Å². The van der Waals surface area contributed by atoms with E-state index < -0.39 is 0 Å². The quantitative estimate of drug-likeness (QED) is 0.849. The predicted octanol–water partition coefficient (Wildman–Crippen LogP) is 2.18. The Morgan fingerprint density at radius 1 is 1.50 bits per heavy atom. The van der Waals surface area contributed by atoms with Gasteiger partial charge >= 0.3 is 0 Å². The standard InChI is InChI=1S/C13H16O3/c1-2-9(14)7-10-8-12(15)11-5-3-4-6-13(11)16-10/h3-6,9-10,14H,2,7-8H2,1H3. The van der Waals surface area contributed by atoms with Gasteiger partial charge in [0.15, 0.2) is 5.78 Å². The van der Waals surface area contributed by atoms with Crippen LogP contribution in [-0.4, -0.2) is 23.1 Å². The number of ether oxygens (including phenoxy) is 1. The normalized spacial score (nSPS) is 21.1. The molecular weight excluding hydrogens is 204 g/mol. The monoisotopic (exact) mass is 220 g/mol. The lowest BCUT2D eigenvalue weighted by atomic mass is 9.97. The minimum Gasteiger partial charge on any atom is -0.489 e. The van der Waals surface area contributed by atoms with E-state index in [0.29, 0.717) is 30.6 Å². The van der Waals surface area contributed by atoms with Crippen molar-refractivity contribution in [1.82, 2.24) is 0 Å². The summed E-state index contributed by atoms with van der Waals surface area (Å²) < 4.78 is 5.69. The number of rotatable bonds is 3. The lowest BCUT2D eigenvalue weighted by molar-refractivity contribution is 0.0661. The second-order valence-electron chi connectivity index (χ2n) is 4.16. The van der Waals surface area contributed by atoms with Gasteiger partial charge in [0, 0.05) is 12.8 Å². The van der Waals surface area contributed by atoms with Gasteiger partial charge < -0.3 is 9.84 Å². The SMILES string of the molecule is CCC(O)CC1CC(=O)c2ccccc2O1. The number of fused-ring (bicyclic) bond motifs is 1. The van der Waals surface area contributed by atoms with Gasteiger partial charge in [0.2, 0.25) is 0 Å². The third-order valence-corrected chi connectivity index (χ3v) is 2.90. The zero-order valence-corrected chi connectivity index (χ0v) is 9.35. The molecule has 1 N–H and O–H groups in total. The van der Waals surface area contributed by atoms with Crippen LogP contribution in [0.15, 0.2) is 24.3 Å². The summed E-state index contributed by atoms with van der Waals surface area (Å²) in [5, 5.41) is 9.55. The summed E-state index contributed by atoms with van der Waals surface area (Å²) in [6.45, 7) is 1.92. The molecule has 2 atom stereocenters. The van der Waals surface area contributed by atoms with Crippen molar-refractivity contribution in [3.8, 4) is 5.75 Å². The summed E-state index contributed by atoms with van der Waals surface area (Å²) >= 11 is 0. The first kappa shape index (κ1) is 11.1. The summed E-state index contributed by atoms with van der Waals surface area (Å²) in [5.41, 5.74) is 0.657. The zero-order valence-electron chi connectivity index (χ0n) is 9.35. The first-order valence-electron chi connectivity index (χ1n) is 5.67. The van der Waals surface area contributed by atoms with Gasteiger partial charge in [0.25, 0.3) is 0 Å². The van der Waals surface area contributed by atoms with Crippen molar-refractivity contribution in [3.05, 3.63) is 29.8 Å². The molecule has 86 valence electrons. The summed E-state index contributed by atoms with van der Waals surface area (Å²) in [6, 6.07) is 7.27. The molecule has 0 saturated carbocycles. The van der Waals surface area contributed by atoms with Crippen molar-refractivity contribution in [2.75, 3.05) is 0 Å². The fourth-order valence-electron chi connectivity index (χ4n) is 1.94. The van der Waals surface area contributed by atoms with E-state index in [0.717, 1.165) is 0 Å². The molecular formula is C13H16O3. The number of hydrogen-bond donors (Lipinski definition) is 1. The van der Waals surface area contributed by atoms with Gasteiger partial charge in [0.05, 0.1) is 11.7 Å². The maximum absolute atomic E-state index is 11.8. The van der Waals surface area contributed by atoms with Crippen LogP contribution < -0.4 is 4.74 Å². The van der Waals surface area contributed by atoms with Gasteiger partial charge in [-0.1, -0.05) is 19.1 Å². The largest absolute Gasteiger partial charge is 0.489 e. The van der Waals surface area contributed by atoms with E-state index in [9.17, 15) is 9.90 Å². The highest BCUT2D eigenvalue weighted by Crippen LogP contribution is 2.28. The summed E-state index contributed by atoms with van der Waals surface area (Å²) in [4.78, 5) is 11.8. The van der Waals surface area contributed by atoms with E-state index in [4.69, 9.17) is 4.74 Å². The highest BCUT2D eigenvalue weighted by atomic mass is 16.5. The average Bonchev–Trinajstić information content (AvgIpc) is 2.29. The molecule has 1 aromatic rings. The Morgan fingerprint density at radius 2 is 2.25 bits per heavy atom. The highest BCUT2D eigenvalue weighted by molar-refractivity contribution is 5.99. The van der Waals surface area contributed by atoms with Crippen LogP contribution in [-0.2, 0) is 0 Å². The van der Waals surface area contributed by atoms with E-state index in [1.807, 2.05) is 19.1 Å². The maximum Gasteiger partial charge on any atom is 0.170 e. The van der Waals surface area contributed by atoms with Gasteiger partial charge in [0.1, 0.15) is 11.9 Å². The molecule has 3 nitrogen and oxygen atoms in total. The van der Waals surface area contributed by atoms with Crippen LogP contribution in [0.3, 0.4) is 0 Å². The Labute approximate surface area is 95.0 Å². The number of ketones is 1. The van der Waals surface area contributed by atoms with E-state index in [2.05, 4.69) is 0 Å². The number of hydrogen-bond acceptors (Lipinski definition) is 3. The minimum atomic E-state index is -0.386. The lowest BCUT2D eigenvalue weighted by Crippen LogP contribution is -2.30. The number of carbonyl (C=O) groups excluding carboxylic acids is 1. The number of Topliss-reactive ketones (excluding diaryl/α,β-unsaturated/α-hetero) is 1. The van der Waals surface area contributed by atoms with Crippen LogP contribution in [0.5, 0.6) is 5.75 Å². The molecule has 1 aliphatic rings. The molecule has 0 spiro atoms. The predicted molar refractivity (Wildman–Crippen MR) is 60.7 cm³/mol. The van der Waals surface area contributed by atoms with Crippen LogP contribution in [0.2, 0.25) is 0 Å². The molecule has 1 aromatic carbocycles. The van der Waals surface area contributed by atoms with Crippen LogP contribution in [0.25, 0.3) is 0 Å². The number of para-hydroxylation sites is 1. The van der Waals surface area contributed by atoms with E-state index in [1.165, 1.54) is 0 Å². The molecule has 0 radical (unpaired) electrons. The topological polar surface area (TPSA) is 46.5 Å². The molecule has 2 rings (SSSR count).